The molecule has 0 radical (unpaired) electrons. The third-order valence-electron chi connectivity index (χ3n) is 5.30. The topological polar surface area (TPSA) is 88.2 Å². The Labute approximate surface area is 183 Å². The predicted octanol–water partition coefficient (Wildman–Crippen LogP) is 3.54. The van der Waals surface area contributed by atoms with Gasteiger partial charge in [0.2, 0.25) is 16.8 Å². The van der Waals surface area contributed by atoms with E-state index in [1.54, 1.807) is 44.2 Å². The molecule has 0 aliphatic carbocycles. The van der Waals surface area contributed by atoms with E-state index < -0.39 is 15.9 Å². The molecule has 31 heavy (non-hydrogen) atoms. The van der Waals surface area contributed by atoms with Crippen LogP contribution in [0.1, 0.15) is 38.1 Å². The zero-order chi connectivity index (χ0) is 22.6. The molecule has 1 heterocycles. The molecule has 0 unspecified atom stereocenters. The Morgan fingerprint density at radius 1 is 1.00 bits per heavy atom. The molecule has 0 fully saturated rings. The van der Waals surface area contributed by atoms with Crippen LogP contribution in [0.5, 0.6) is 11.5 Å². The number of para-hydroxylation sites is 1. The SMILES string of the molecule is CCN(CC)c1ccc(S(=O)(=O)N(CC)CC)cc1NC(=O)c1cccc2c1OCO2. The molecule has 1 amide bonds. The molecular formula is C22H29N3O5S. The summed E-state index contributed by atoms with van der Waals surface area (Å²) in [5, 5.41) is 2.89. The van der Waals surface area contributed by atoms with Crippen LogP contribution in [0.4, 0.5) is 11.4 Å². The number of sulfonamides is 1. The molecule has 2 aromatic rings. The first kappa shape index (κ1) is 22.9. The van der Waals surface area contributed by atoms with Gasteiger partial charge in [-0.15, -0.1) is 0 Å². The molecule has 0 saturated carbocycles. The minimum atomic E-state index is -3.67. The maximum Gasteiger partial charge on any atom is 0.259 e. The maximum atomic E-state index is 13.1. The Bertz CT molecular complexity index is 1050. The molecule has 2 aromatic carbocycles. The second-order valence-electron chi connectivity index (χ2n) is 6.93. The second-order valence-corrected chi connectivity index (χ2v) is 8.87. The highest BCUT2D eigenvalue weighted by Crippen LogP contribution is 2.37. The number of carbonyl (C=O) groups excluding carboxylic acids is 1. The van der Waals surface area contributed by atoms with Crippen molar-refractivity contribution < 1.29 is 22.7 Å². The minimum Gasteiger partial charge on any atom is -0.454 e. The summed E-state index contributed by atoms with van der Waals surface area (Å²) in [5.74, 6) is 0.499. The molecule has 0 bridgehead atoms. The number of hydrogen-bond acceptors (Lipinski definition) is 6. The van der Waals surface area contributed by atoms with E-state index in [9.17, 15) is 13.2 Å². The zero-order valence-corrected chi connectivity index (χ0v) is 19.2. The van der Waals surface area contributed by atoms with Gasteiger partial charge in [0, 0.05) is 26.2 Å². The van der Waals surface area contributed by atoms with Crippen LogP contribution in [0.2, 0.25) is 0 Å². The van der Waals surface area contributed by atoms with Crippen molar-refractivity contribution in [2.45, 2.75) is 32.6 Å². The molecule has 168 valence electrons. The maximum absolute atomic E-state index is 13.1. The molecule has 0 saturated heterocycles. The highest BCUT2D eigenvalue weighted by Gasteiger charge is 2.26. The fourth-order valence-corrected chi connectivity index (χ4v) is 5.11. The lowest BCUT2D eigenvalue weighted by Gasteiger charge is -2.26. The van der Waals surface area contributed by atoms with Gasteiger partial charge in [0.15, 0.2) is 11.5 Å². The highest BCUT2D eigenvalue weighted by molar-refractivity contribution is 7.89. The van der Waals surface area contributed by atoms with Crippen molar-refractivity contribution in [2.24, 2.45) is 0 Å². The lowest BCUT2D eigenvalue weighted by atomic mass is 10.1. The van der Waals surface area contributed by atoms with E-state index in [0.29, 0.717) is 48.9 Å². The van der Waals surface area contributed by atoms with Gasteiger partial charge in [-0.05, 0) is 44.2 Å². The smallest absolute Gasteiger partial charge is 0.259 e. The molecule has 1 N–H and O–H groups in total. The predicted molar refractivity (Wildman–Crippen MR) is 121 cm³/mol. The summed E-state index contributed by atoms with van der Waals surface area (Å²) in [6.07, 6.45) is 0. The van der Waals surface area contributed by atoms with Crippen LogP contribution in [0.3, 0.4) is 0 Å². The van der Waals surface area contributed by atoms with Crippen LogP contribution in [-0.2, 0) is 10.0 Å². The van der Waals surface area contributed by atoms with Gasteiger partial charge in [-0.3, -0.25) is 4.79 Å². The van der Waals surface area contributed by atoms with Crippen molar-refractivity contribution in [3.8, 4) is 11.5 Å². The van der Waals surface area contributed by atoms with Crippen molar-refractivity contribution in [1.29, 1.82) is 0 Å². The number of carbonyl (C=O) groups is 1. The summed E-state index contributed by atoms with van der Waals surface area (Å²) in [6, 6.07) is 9.96. The molecule has 1 aliphatic heterocycles. The number of anilines is 2. The standard InChI is InChI=1S/C22H29N3O5S/c1-5-24(6-2)19-13-12-16(31(27,28)25(7-3)8-4)14-18(19)23-22(26)17-10-9-11-20-21(17)30-15-29-20/h9-14H,5-8,15H2,1-4H3,(H,23,26). The van der Waals surface area contributed by atoms with Gasteiger partial charge in [-0.1, -0.05) is 19.9 Å². The molecular weight excluding hydrogens is 418 g/mol. The Morgan fingerprint density at radius 3 is 2.35 bits per heavy atom. The largest absolute Gasteiger partial charge is 0.454 e. The summed E-state index contributed by atoms with van der Waals surface area (Å²) in [4.78, 5) is 15.3. The molecule has 9 heteroatoms. The van der Waals surface area contributed by atoms with Gasteiger partial charge in [0.1, 0.15) is 0 Å². The molecule has 3 rings (SSSR count). The third-order valence-corrected chi connectivity index (χ3v) is 7.35. The zero-order valence-electron chi connectivity index (χ0n) is 18.3. The fraction of sp³-hybridized carbons (Fsp3) is 0.409. The molecule has 0 atom stereocenters. The number of fused-ring (bicyclic) bond motifs is 1. The first-order chi connectivity index (χ1) is 14.9. The van der Waals surface area contributed by atoms with Crippen LogP contribution in [-0.4, -0.2) is 51.6 Å². The van der Waals surface area contributed by atoms with Crippen LogP contribution in [0, 0.1) is 0 Å². The van der Waals surface area contributed by atoms with E-state index >= 15 is 0 Å². The van der Waals surface area contributed by atoms with Crippen LogP contribution >= 0.6 is 0 Å². The molecule has 8 nitrogen and oxygen atoms in total. The van der Waals surface area contributed by atoms with Crippen LogP contribution in [0.25, 0.3) is 0 Å². The number of hydrogen-bond donors (Lipinski definition) is 1. The van der Waals surface area contributed by atoms with E-state index in [2.05, 4.69) is 10.2 Å². The summed E-state index contributed by atoms with van der Waals surface area (Å²) in [7, 11) is -3.67. The number of ether oxygens (including phenoxy) is 2. The average molecular weight is 448 g/mol. The van der Waals surface area contributed by atoms with Crippen LogP contribution < -0.4 is 19.7 Å². The van der Waals surface area contributed by atoms with Crippen molar-refractivity contribution in [3.63, 3.8) is 0 Å². The Morgan fingerprint density at radius 2 is 1.71 bits per heavy atom. The number of amides is 1. The molecule has 0 spiro atoms. The third kappa shape index (κ3) is 4.47. The van der Waals surface area contributed by atoms with Gasteiger partial charge in [-0.2, -0.15) is 4.31 Å². The number of rotatable bonds is 9. The lowest BCUT2D eigenvalue weighted by Crippen LogP contribution is -2.31. The molecule has 0 aromatic heterocycles. The van der Waals surface area contributed by atoms with E-state index in [1.165, 1.54) is 10.4 Å². The van der Waals surface area contributed by atoms with Crippen molar-refractivity contribution >= 4 is 27.3 Å². The van der Waals surface area contributed by atoms with Gasteiger partial charge < -0.3 is 19.7 Å². The summed E-state index contributed by atoms with van der Waals surface area (Å²) in [6.45, 7) is 9.81. The average Bonchev–Trinajstić information content (AvgIpc) is 3.25. The summed E-state index contributed by atoms with van der Waals surface area (Å²) in [5.41, 5.74) is 1.51. The highest BCUT2D eigenvalue weighted by atomic mass is 32.2. The van der Waals surface area contributed by atoms with Gasteiger partial charge >= 0.3 is 0 Å². The normalized spacial score (nSPS) is 12.8. The number of benzene rings is 2. The van der Waals surface area contributed by atoms with Crippen molar-refractivity contribution in [3.05, 3.63) is 42.0 Å². The number of nitrogens with one attached hydrogen (secondary N) is 1. The summed E-state index contributed by atoms with van der Waals surface area (Å²) < 4.78 is 38.3. The van der Waals surface area contributed by atoms with Crippen LogP contribution in [0.15, 0.2) is 41.3 Å². The van der Waals surface area contributed by atoms with Crippen molar-refractivity contribution in [2.75, 3.05) is 43.2 Å². The van der Waals surface area contributed by atoms with Gasteiger partial charge in [0.25, 0.3) is 5.91 Å². The number of nitrogens with zero attached hydrogens (tertiary/aromatic N) is 2. The first-order valence-corrected chi connectivity index (χ1v) is 11.9. The first-order valence-electron chi connectivity index (χ1n) is 10.5. The van der Waals surface area contributed by atoms with Gasteiger partial charge in [0.05, 0.1) is 21.8 Å². The lowest BCUT2D eigenvalue weighted by molar-refractivity contribution is 0.102. The van der Waals surface area contributed by atoms with E-state index in [0.717, 1.165) is 5.69 Å². The summed E-state index contributed by atoms with van der Waals surface area (Å²) >= 11 is 0. The van der Waals surface area contributed by atoms with Crippen molar-refractivity contribution in [1.82, 2.24) is 4.31 Å². The Balaban J connectivity index is 2.04. The monoisotopic (exact) mass is 447 g/mol. The minimum absolute atomic E-state index is 0.0575. The van der Waals surface area contributed by atoms with E-state index in [4.69, 9.17) is 9.47 Å². The second kappa shape index (κ2) is 9.57. The van der Waals surface area contributed by atoms with E-state index in [-0.39, 0.29) is 11.7 Å². The quantitative estimate of drug-likeness (QED) is 0.633. The Kier molecular flexibility index (Phi) is 7.07. The fourth-order valence-electron chi connectivity index (χ4n) is 3.63. The van der Waals surface area contributed by atoms with Gasteiger partial charge in [-0.25, -0.2) is 8.42 Å². The molecule has 1 aliphatic rings. The Hall–Kier alpha value is -2.78. The van der Waals surface area contributed by atoms with E-state index in [1.807, 2.05) is 13.8 Å².